The molecule has 278 valence electrons. The lowest BCUT2D eigenvalue weighted by Gasteiger charge is -2.42. The van der Waals surface area contributed by atoms with Gasteiger partial charge in [0.25, 0.3) is 0 Å². The predicted octanol–water partition coefficient (Wildman–Crippen LogP) is 5.44. The van der Waals surface area contributed by atoms with Gasteiger partial charge in [0.2, 0.25) is 11.8 Å². The van der Waals surface area contributed by atoms with Crippen LogP contribution < -0.4 is 10.6 Å². The van der Waals surface area contributed by atoms with E-state index in [1.165, 1.54) is 17.7 Å². The Morgan fingerprint density at radius 2 is 1.42 bits per heavy atom. The Hall–Kier alpha value is -4.94. The van der Waals surface area contributed by atoms with Gasteiger partial charge in [-0.05, 0) is 73.5 Å². The summed E-state index contributed by atoms with van der Waals surface area (Å²) < 4.78 is 15.0. The molecule has 1 saturated carbocycles. The molecule has 0 spiro atoms. The van der Waals surface area contributed by atoms with Crippen LogP contribution in [0.4, 0.5) is 9.18 Å². The second-order valence-corrected chi connectivity index (χ2v) is 14.6. The lowest BCUT2D eigenvalue weighted by Crippen LogP contribution is -2.53. The lowest BCUT2D eigenvalue weighted by molar-refractivity contribution is -0.134. The molecule has 7 rings (SSSR count). The number of hydrogen-bond donors (Lipinski definition) is 2. The summed E-state index contributed by atoms with van der Waals surface area (Å²) in [7, 11) is 0. The number of likely N-dealkylation sites (tertiary alicyclic amines) is 1. The van der Waals surface area contributed by atoms with Crippen molar-refractivity contribution in [2.75, 3.05) is 39.3 Å². The van der Waals surface area contributed by atoms with Gasteiger partial charge < -0.3 is 10.2 Å². The summed E-state index contributed by atoms with van der Waals surface area (Å²) in [6, 6.07) is 25.6. The highest BCUT2D eigenvalue weighted by molar-refractivity contribution is 5.95. The largest absolute Gasteiger partial charge is 0.339 e. The van der Waals surface area contributed by atoms with Crippen molar-refractivity contribution in [1.82, 2.24) is 40.3 Å². The molecule has 3 fully saturated rings. The van der Waals surface area contributed by atoms with Crippen LogP contribution in [0.5, 0.6) is 0 Å². The zero-order valence-corrected chi connectivity index (χ0v) is 30.2. The fourth-order valence-corrected chi connectivity index (χ4v) is 8.21. The number of carbonyl (C=O) groups is 3. The van der Waals surface area contributed by atoms with Crippen molar-refractivity contribution in [3.8, 4) is 0 Å². The van der Waals surface area contributed by atoms with Crippen LogP contribution in [0.2, 0.25) is 0 Å². The van der Waals surface area contributed by atoms with Crippen LogP contribution in [-0.2, 0) is 22.7 Å². The van der Waals surface area contributed by atoms with Crippen LogP contribution in [0, 0.1) is 11.7 Å². The van der Waals surface area contributed by atoms with Gasteiger partial charge in [-0.2, -0.15) is 0 Å². The summed E-state index contributed by atoms with van der Waals surface area (Å²) in [6.45, 7) is 4.91. The van der Waals surface area contributed by atoms with Crippen LogP contribution in [0.3, 0.4) is 0 Å². The second kappa shape index (κ2) is 17.3. The molecule has 2 aliphatic heterocycles. The summed E-state index contributed by atoms with van der Waals surface area (Å²) in [5.41, 5.74) is 4.00. The van der Waals surface area contributed by atoms with E-state index < -0.39 is 12.1 Å². The molecule has 2 N–H and O–H groups in total. The van der Waals surface area contributed by atoms with Gasteiger partial charge in [-0.25, -0.2) is 13.9 Å². The monoisotopic (exact) mass is 720 g/mol. The predicted molar refractivity (Wildman–Crippen MR) is 199 cm³/mol. The number of carbonyl (C=O) groups excluding carboxylic acids is 3. The first-order chi connectivity index (χ1) is 25.9. The molecule has 1 aromatic heterocycles. The van der Waals surface area contributed by atoms with Gasteiger partial charge in [0.05, 0.1) is 24.0 Å². The number of urea groups is 1. The van der Waals surface area contributed by atoms with Crippen molar-refractivity contribution in [3.05, 3.63) is 119 Å². The van der Waals surface area contributed by atoms with Crippen LogP contribution in [0.25, 0.3) is 0 Å². The van der Waals surface area contributed by atoms with Gasteiger partial charge in [0, 0.05) is 38.6 Å². The Bertz CT molecular complexity index is 1800. The summed E-state index contributed by atoms with van der Waals surface area (Å²) in [5, 5.41) is 14.4. The summed E-state index contributed by atoms with van der Waals surface area (Å²) in [5.74, 6) is -0.115. The molecule has 4 aromatic rings. The number of hydrogen-bond acceptors (Lipinski definition) is 7. The van der Waals surface area contributed by atoms with Crippen LogP contribution >= 0.6 is 0 Å². The third kappa shape index (κ3) is 9.36. The number of imide groups is 1. The normalized spacial score (nSPS) is 18.8. The number of piperazine rings is 1. The van der Waals surface area contributed by atoms with Crippen molar-refractivity contribution in [2.24, 2.45) is 5.92 Å². The van der Waals surface area contributed by atoms with Crippen LogP contribution in [0.1, 0.15) is 78.9 Å². The molecule has 0 radical (unpaired) electrons. The molecule has 11 nitrogen and oxygen atoms in total. The summed E-state index contributed by atoms with van der Waals surface area (Å²) >= 11 is 0. The number of amides is 4. The van der Waals surface area contributed by atoms with Crippen molar-refractivity contribution >= 4 is 17.8 Å². The van der Waals surface area contributed by atoms with Crippen LogP contribution in [0.15, 0.2) is 91.1 Å². The summed E-state index contributed by atoms with van der Waals surface area (Å²) in [6.07, 6.45) is 7.53. The van der Waals surface area contributed by atoms with Gasteiger partial charge in [-0.1, -0.05) is 90.9 Å². The fraction of sp³-hybridized carbons (Fsp3) is 0.439. The average molecular weight is 721 g/mol. The number of nitrogens with one attached hydrogen (secondary N) is 2. The molecule has 0 bridgehead atoms. The molecule has 2 saturated heterocycles. The average Bonchev–Trinajstić information content (AvgIpc) is 3.89. The van der Waals surface area contributed by atoms with E-state index in [4.69, 9.17) is 0 Å². The molecule has 2 atom stereocenters. The molecule has 3 aliphatic rings. The molecule has 53 heavy (non-hydrogen) atoms. The molecule has 0 unspecified atom stereocenters. The highest BCUT2D eigenvalue weighted by Crippen LogP contribution is 2.35. The molecule has 3 heterocycles. The molecule has 3 aromatic carbocycles. The molecular formula is C41H49FN8O3. The zero-order valence-electron chi connectivity index (χ0n) is 30.2. The first-order valence-electron chi connectivity index (χ1n) is 19.0. The maximum atomic E-state index is 13.5. The maximum Gasteiger partial charge on any atom is 0.321 e. The third-order valence-electron chi connectivity index (χ3n) is 11.1. The van der Waals surface area contributed by atoms with E-state index in [-0.39, 0.29) is 36.1 Å². The number of nitrogens with zero attached hydrogens (tertiary/aromatic N) is 6. The highest BCUT2D eigenvalue weighted by atomic mass is 19.1. The van der Waals surface area contributed by atoms with Crippen molar-refractivity contribution < 1.29 is 18.8 Å². The number of benzene rings is 3. The number of halogens is 1. The van der Waals surface area contributed by atoms with Crippen LogP contribution in [-0.4, -0.2) is 86.8 Å². The molecule has 12 heteroatoms. The van der Waals surface area contributed by atoms with E-state index in [1.54, 1.807) is 4.68 Å². The van der Waals surface area contributed by atoms with Gasteiger partial charge in [0.1, 0.15) is 12.4 Å². The smallest absolute Gasteiger partial charge is 0.321 e. The fourth-order valence-electron chi connectivity index (χ4n) is 8.21. The summed E-state index contributed by atoms with van der Waals surface area (Å²) in [4.78, 5) is 46.3. The SMILES string of the molecule is O=C(NC(=O)C1CCCC1)N[C@H](c1ccccc1)[C@H](c1ccccc1)N1CCN(C(=O)Cn2cc(CN3CCC(c4ccc(F)cc4)CC3)nn2)CC1. The standard InChI is InChI=1S/C41H49FN8O3/c42-35-17-15-30(16-18-35)31-19-21-47(22-20-31)27-36-28-50(46-45-36)29-37(51)48-23-25-49(26-24-48)39(33-11-5-2-6-12-33)38(32-9-3-1-4-10-32)43-41(53)44-40(52)34-13-7-8-14-34/h1-6,9-12,15-18,28,31,34,38-39H,7-8,13-14,19-27,29H2,(H2,43,44,52,53)/t38-,39+/m1/s1. The molecule has 1 aliphatic carbocycles. The second-order valence-electron chi connectivity index (χ2n) is 14.6. The van der Waals surface area contributed by atoms with Crippen molar-refractivity contribution in [3.63, 3.8) is 0 Å². The first-order valence-corrected chi connectivity index (χ1v) is 19.0. The zero-order chi connectivity index (χ0) is 36.6. The minimum Gasteiger partial charge on any atom is -0.339 e. The maximum absolute atomic E-state index is 13.5. The van der Waals surface area contributed by atoms with E-state index in [9.17, 15) is 18.8 Å². The number of aromatic nitrogens is 3. The van der Waals surface area contributed by atoms with E-state index >= 15 is 0 Å². The number of rotatable bonds is 11. The first kappa shape index (κ1) is 36.4. The third-order valence-corrected chi connectivity index (χ3v) is 11.1. The van der Waals surface area contributed by atoms with E-state index in [2.05, 4.69) is 42.9 Å². The lowest BCUT2D eigenvalue weighted by atomic mass is 9.89. The van der Waals surface area contributed by atoms with Gasteiger partial charge in [-0.3, -0.25) is 24.7 Å². The van der Waals surface area contributed by atoms with Crippen molar-refractivity contribution in [2.45, 2.75) is 69.6 Å². The Balaban J connectivity index is 0.957. The minimum atomic E-state index is -0.493. The molecular weight excluding hydrogens is 672 g/mol. The van der Waals surface area contributed by atoms with E-state index in [0.29, 0.717) is 38.6 Å². The van der Waals surface area contributed by atoms with Gasteiger partial charge >= 0.3 is 6.03 Å². The Labute approximate surface area is 310 Å². The van der Waals surface area contributed by atoms with E-state index in [0.717, 1.165) is 68.4 Å². The molecule has 4 amide bonds. The highest BCUT2D eigenvalue weighted by Gasteiger charge is 2.35. The van der Waals surface area contributed by atoms with Crippen molar-refractivity contribution in [1.29, 1.82) is 0 Å². The van der Waals surface area contributed by atoms with Gasteiger partial charge in [-0.15, -0.1) is 5.10 Å². The van der Waals surface area contributed by atoms with Gasteiger partial charge in [0.15, 0.2) is 0 Å². The number of piperidine rings is 1. The van der Waals surface area contributed by atoms with E-state index in [1.807, 2.05) is 71.8 Å². The Morgan fingerprint density at radius 1 is 0.774 bits per heavy atom. The Kier molecular flexibility index (Phi) is 11.9. The quantitative estimate of drug-likeness (QED) is 0.212. The minimum absolute atomic E-state index is 0.0139. The Morgan fingerprint density at radius 3 is 2.08 bits per heavy atom. The topological polar surface area (TPSA) is 116 Å².